The molecule has 2 aromatic heterocycles. The van der Waals surface area contributed by atoms with E-state index < -0.39 is 5.97 Å². The van der Waals surface area contributed by atoms with E-state index in [4.69, 9.17) is 4.74 Å². The van der Waals surface area contributed by atoms with Crippen LogP contribution in [-0.2, 0) is 16.0 Å². The molecule has 1 amide bonds. The number of ether oxygens (including phenoxy) is 1. The Morgan fingerprint density at radius 1 is 1.07 bits per heavy atom. The van der Waals surface area contributed by atoms with E-state index in [0.29, 0.717) is 16.1 Å². The maximum absolute atomic E-state index is 12.8. The topological polar surface area (TPSA) is 68.3 Å². The minimum Gasteiger partial charge on any atom is -0.462 e. The number of thiophene rings is 1. The van der Waals surface area contributed by atoms with Crippen LogP contribution in [0.2, 0.25) is 0 Å². The number of amides is 1. The number of carbonyl (C=O) groups excluding carboxylic acids is 2. The Balaban J connectivity index is 1.63. The predicted molar refractivity (Wildman–Crippen MR) is 120 cm³/mol. The van der Waals surface area contributed by atoms with Crippen LogP contribution in [0.25, 0.3) is 21.9 Å². The van der Waals surface area contributed by atoms with Gasteiger partial charge in [-0.1, -0.05) is 48.5 Å². The molecule has 0 atom stereocenters. The van der Waals surface area contributed by atoms with Crippen LogP contribution in [0.3, 0.4) is 0 Å². The third-order valence-electron chi connectivity index (χ3n) is 4.73. The van der Waals surface area contributed by atoms with E-state index in [1.165, 1.54) is 11.3 Å². The monoisotopic (exact) mass is 416 g/mol. The molecule has 0 bridgehead atoms. The van der Waals surface area contributed by atoms with Gasteiger partial charge in [-0.3, -0.25) is 9.78 Å². The highest BCUT2D eigenvalue weighted by Crippen LogP contribution is 2.36. The zero-order chi connectivity index (χ0) is 20.9. The van der Waals surface area contributed by atoms with Crippen molar-refractivity contribution < 1.29 is 14.3 Å². The fraction of sp³-hybridized carbons (Fsp3) is 0.125. The third kappa shape index (κ3) is 4.09. The minimum absolute atomic E-state index is 0.184. The van der Waals surface area contributed by atoms with Gasteiger partial charge < -0.3 is 10.1 Å². The standard InChI is InChI=1S/C24H20N2O3S/c1-2-29-24(28)22-20(18-10-6-12-25-14-18)15-30-23(22)26-21(27)13-17-9-5-8-16-7-3-4-11-19(16)17/h3-12,14-15H,2,13H2,1H3,(H,26,27). The van der Waals surface area contributed by atoms with Gasteiger partial charge in [0.25, 0.3) is 0 Å². The van der Waals surface area contributed by atoms with Crippen LogP contribution in [0.1, 0.15) is 22.8 Å². The van der Waals surface area contributed by atoms with Crippen LogP contribution in [0, 0.1) is 0 Å². The third-order valence-corrected chi connectivity index (χ3v) is 5.62. The first kappa shape index (κ1) is 19.8. The summed E-state index contributed by atoms with van der Waals surface area (Å²) < 4.78 is 5.24. The molecule has 0 fully saturated rings. The number of aromatic nitrogens is 1. The van der Waals surface area contributed by atoms with Gasteiger partial charge in [0, 0.05) is 28.9 Å². The fourth-order valence-corrected chi connectivity index (χ4v) is 4.35. The number of benzene rings is 2. The summed E-state index contributed by atoms with van der Waals surface area (Å²) in [5.41, 5.74) is 2.80. The summed E-state index contributed by atoms with van der Waals surface area (Å²) in [6, 6.07) is 17.6. The first-order chi connectivity index (χ1) is 14.7. The van der Waals surface area contributed by atoms with Gasteiger partial charge >= 0.3 is 5.97 Å². The second-order valence-corrected chi connectivity index (χ2v) is 7.56. The van der Waals surface area contributed by atoms with E-state index >= 15 is 0 Å². The Hall–Kier alpha value is -3.51. The molecule has 5 nitrogen and oxygen atoms in total. The summed E-state index contributed by atoms with van der Waals surface area (Å²) in [6.45, 7) is 2.01. The van der Waals surface area contributed by atoms with E-state index in [0.717, 1.165) is 21.9 Å². The van der Waals surface area contributed by atoms with E-state index in [1.807, 2.05) is 53.9 Å². The Bertz CT molecular complexity index is 1200. The van der Waals surface area contributed by atoms with E-state index in [2.05, 4.69) is 10.3 Å². The first-order valence-corrected chi connectivity index (χ1v) is 10.5. The molecule has 0 saturated heterocycles. The summed E-state index contributed by atoms with van der Waals surface area (Å²) in [4.78, 5) is 29.6. The molecule has 0 saturated carbocycles. The van der Waals surface area contributed by atoms with Crippen LogP contribution in [0.4, 0.5) is 5.00 Å². The molecule has 6 heteroatoms. The smallest absolute Gasteiger partial charge is 0.341 e. The minimum atomic E-state index is -0.460. The fourth-order valence-electron chi connectivity index (χ4n) is 3.38. The number of pyridine rings is 1. The molecule has 0 aliphatic carbocycles. The largest absolute Gasteiger partial charge is 0.462 e. The molecule has 2 heterocycles. The quantitative estimate of drug-likeness (QED) is 0.432. The number of nitrogens with one attached hydrogen (secondary N) is 1. The molecule has 0 spiro atoms. The van der Waals surface area contributed by atoms with Crippen LogP contribution in [0.5, 0.6) is 0 Å². The van der Waals surface area contributed by atoms with E-state index in [9.17, 15) is 9.59 Å². The van der Waals surface area contributed by atoms with Gasteiger partial charge in [-0.15, -0.1) is 11.3 Å². The average Bonchev–Trinajstić information content (AvgIpc) is 3.18. The number of rotatable bonds is 6. The van der Waals surface area contributed by atoms with Gasteiger partial charge in [0.15, 0.2) is 0 Å². The van der Waals surface area contributed by atoms with Crippen LogP contribution in [-0.4, -0.2) is 23.5 Å². The van der Waals surface area contributed by atoms with Gasteiger partial charge in [0.1, 0.15) is 10.6 Å². The molecule has 0 aliphatic heterocycles. The van der Waals surface area contributed by atoms with Crippen molar-refractivity contribution in [2.45, 2.75) is 13.3 Å². The van der Waals surface area contributed by atoms with Crippen molar-refractivity contribution in [3.63, 3.8) is 0 Å². The second kappa shape index (κ2) is 8.88. The van der Waals surface area contributed by atoms with Gasteiger partial charge in [0.2, 0.25) is 5.91 Å². The number of anilines is 1. The Morgan fingerprint density at radius 3 is 2.70 bits per heavy atom. The number of esters is 1. The van der Waals surface area contributed by atoms with Crippen molar-refractivity contribution >= 4 is 39.0 Å². The van der Waals surface area contributed by atoms with Crippen LogP contribution in [0.15, 0.2) is 72.4 Å². The lowest BCUT2D eigenvalue weighted by atomic mass is 10.0. The predicted octanol–water partition coefficient (Wildman–Crippen LogP) is 5.32. The number of nitrogens with zero attached hydrogens (tertiary/aromatic N) is 1. The number of hydrogen-bond acceptors (Lipinski definition) is 5. The highest BCUT2D eigenvalue weighted by Gasteiger charge is 2.23. The lowest BCUT2D eigenvalue weighted by Gasteiger charge is -2.10. The molecule has 1 N–H and O–H groups in total. The van der Waals surface area contributed by atoms with Crippen LogP contribution < -0.4 is 5.32 Å². The summed E-state index contributed by atoms with van der Waals surface area (Å²) in [7, 11) is 0. The molecular formula is C24H20N2O3S. The van der Waals surface area contributed by atoms with Gasteiger partial charge in [-0.05, 0) is 29.3 Å². The highest BCUT2D eigenvalue weighted by atomic mass is 32.1. The van der Waals surface area contributed by atoms with Gasteiger partial charge in [-0.2, -0.15) is 0 Å². The van der Waals surface area contributed by atoms with Gasteiger partial charge in [-0.25, -0.2) is 4.79 Å². The maximum atomic E-state index is 12.8. The molecule has 2 aromatic carbocycles. The lowest BCUT2D eigenvalue weighted by Crippen LogP contribution is -2.16. The highest BCUT2D eigenvalue weighted by molar-refractivity contribution is 7.15. The second-order valence-electron chi connectivity index (χ2n) is 6.68. The zero-order valence-electron chi connectivity index (χ0n) is 16.4. The van der Waals surface area contributed by atoms with Gasteiger partial charge in [0.05, 0.1) is 13.0 Å². The SMILES string of the molecule is CCOC(=O)c1c(-c2cccnc2)csc1NC(=O)Cc1cccc2ccccc12. The van der Waals surface area contributed by atoms with Crippen molar-refractivity contribution in [2.24, 2.45) is 0 Å². The van der Waals surface area contributed by atoms with Crippen LogP contribution >= 0.6 is 11.3 Å². The molecule has 4 aromatic rings. The molecular weight excluding hydrogens is 396 g/mol. The maximum Gasteiger partial charge on any atom is 0.341 e. The van der Waals surface area contributed by atoms with E-state index in [-0.39, 0.29) is 18.9 Å². The summed E-state index contributed by atoms with van der Waals surface area (Å²) in [6.07, 6.45) is 3.57. The number of fused-ring (bicyclic) bond motifs is 1. The molecule has 4 rings (SSSR count). The summed E-state index contributed by atoms with van der Waals surface area (Å²) in [5, 5.41) is 7.37. The van der Waals surface area contributed by atoms with Crippen molar-refractivity contribution in [3.05, 3.63) is 83.5 Å². The van der Waals surface area contributed by atoms with E-state index in [1.54, 1.807) is 25.4 Å². The Kier molecular flexibility index (Phi) is 5.86. The molecule has 150 valence electrons. The summed E-state index contributed by atoms with van der Waals surface area (Å²) >= 11 is 1.31. The molecule has 0 radical (unpaired) electrons. The Labute approximate surface area is 178 Å². The zero-order valence-corrected chi connectivity index (χ0v) is 17.2. The van der Waals surface area contributed by atoms with Crippen molar-refractivity contribution in [3.8, 4) is 11.1 Å². The normalized spacial score (nSPS) is 10.7. The molecule has 0 unspecified atom stereocenters. The average molecular weight is 417 g/mol. The van der Waals surface area contributed by atoms with Crippen molar-refractivity contribution in [2.75, 3.05) is 11.9 Å². The number of hydrogen-bond donors (Lipinski definition) is 1. The number of carbonyl (C=O) groups is 2. The summed E-state index contributed by atoms with van der Waals surface area (Å²) in [5.74, 6) is -0.644. The lowest BCUT2D eigenvalue weighted by molar-refractivity contribution is -0.115. The first-order valence-electron chi connectivity index (χ1n) is 9.63. The van der Waals surface area contributed by atoms with Crippen molar-refractivity contribution in [1.29, 1.82) is 0 Å². The molecule has 30 heavy (non-hydrogen) atoms. The van der Waals surface area contributed by atoms with Crippen molar-refractivity contribution in [1.82, 2.24) is 4.98 Å². The molecule has 0 aliphatic rings. The Morgan fingerprint density at radius 2 is 1.90 bits per heavy atom.